The van der Waals surface area contributed by atoms with Crippen LogP contribution in [-0.4, -0.2) is 15.8 Å². The summed E-state index contributed by atoms with van der Waals surface area (Å²) < 4.78 is 51.2. The summed E-state index contributed by atoms with van der Waals surface area (Å²) in [6.07, 6.45) is -3.58. The molecule has 3 nitrogen and oxygen atoms in total. The van der Waals surface area contributed by atoms with Crippen molar-refractivity contribution in [2.24, 2.45) is 0 Å². The third-order valence-corrected chi connectivity index (χ3v) is 3.76. The lowest BCUT2D eigenvalue weighted by Gasteiger charge is -2.12. The molecular formula is C13H6BrClF4N2O. The fraction of sp³-hybridized carbons (Fsp3) is 0.154. The second-order valence-corrected chi connectivity index (χ2v) is 5.42. The average molecular weight is 398 g/mol. The highest BCUT2D eigenvalue weighted by atomic mass is 79.9. The second kappa shape index (κ2) is 6.29. The van der Waals surface area contributed by atoms with E-state index < -0.39 is 28.2 Å². The van der Waals surface area contributed by atoms with Gasteiger partial charge in [0, 0.05) is 11.8 Å². The maximum absolute atomic E-state index is 13.2. The second-order valence-electron chi connectivity index (χ2n) is 4.17. The molecule has 22 heavy (non-hydrogen) atoms. The third-order valence-electron chi connectivity index (χ3n) is 2.69. The van der Waals surface area contributed by atoms with E-state index in [1.54, 1.807) is 0 Å². The molecule has 0 saturated heterocycles. The normalized spacial score (nSPS) is 13.0. The van der Waals surface area contributed by atoms with Crippen LogP contribution in [0.15, 0.2) is 30.5 Å². The number of alkyl halides is 4. The van der Waals surface area contributed by atoms with E-state index in [-0.39, 0.29) is 16.5 Å². The van der Waals surface area contributed by atoms with Crippen LogP contribution in [0.25, 0.3) is 0 Å². The van der Waals surface area contributed by atoms with Gasteiger partial charge in [0.2, 0.25) is 5.28 Å². The molecule has 0 aliphatic carbocycles. The van der Waals surface area contributed by atoms with Gasteiger partial charge < -0.3 is 0 Å². The van der Waals surface area contributed by atoms with Crippen LogP contribution in [0.1, 0.15) is 26.4 Å². The first-order valence-electron chi connectivity index (χ1n) is 5.73. The lowest BCUT2D eigenvalue weighted by molar-refractivity contribution is -0.140. The molecule has 0 radical (unpaired) electrons. The molecule has 0 amide bonds. The summed E-state index contributed by atoms with van der Waals surface area (Å²) in [7, 11) is 0. The molecule has 1 heterocycles. The zero-order valence-corrected chi connectivity index (χ0v) is 12.9. The summed E-state index contributed by atoms with van der Waals surface area (Å²) in [6, 6.07) is 3.43. The number of rotatable bonds is 3. The molecule has 0 bridgehead atoms. The van der Waals surface area contributed by atoms with E-state index in [4.69, 9.17) is 11.6 Å². The maximum atomic E-state index is 13.2. The van der Waals surface area contributed by atoms with Crippen molar-refractivity contribution in [2.45, 2.75) is 11.0 Å². The SMILES string of the molecule is O=C(c1ccc(F)c(C(F)(F)F)c1)C(Br)c1ccnc(Cl)n1. The van der Waals surface area contributed by atoms with Crippen molar-refractivity contribution in [3.63, 3.8) is 0 Å². The Hall–Kier alpha value is -1.54. The van der Waals surface area contributed by atoms with Crippen LogP contribution < -0.4 is 0 Å². The molecule has 0 aliphatic rings. The molecule has 9 heteroatoms. The minimum Gasteiger partial charge on any atom is -0.292 e. The number of benzene rings is 1. The van der Waals surface area contributed by atoms with Gasteiger partial charge in [0.05, 0.1) is 11.3 Å². The Morgan fingerprint density at radius 3 is 2.55 bits per heavy atom. The predicted molar refractivity (Wildman–Crippen MR) is 74.4 cm³/mol. The summed E-state index contributed by atoms with van der Waals surface area (Å²) in [5, 5.41) is -0.107. The molecule has 2 rings (SSSR count). The van der Waals surface area contributed by atoms with Crippen LogP contribution in [0.4, 0.5) is 17.6 Å². The first-order chi connectivity index (χ1) is 10.2. The number of ketones is 1. The van der Waals surface area contributed by atoms with Gasteiger partial charge in [-0.3, -0.25) is 4.79 Å². The maximum Gasteiger partial charge on any atom is 0.419 e. The van der Waals surface area contributed by atoms with Gasteiger partial charge in [-0.1, -0.05) is 15.9 Å². The molecule has 2 aromatic rings. The van der Waals surface area contributed by atoms with Crippen LogP contribution in [0.3, 0.4) is 0 Å². The zero-order valence-electron chi connectivity index (χ0n) is 10.5. The number of Topliss-reactive ketones (excluding diaryl/α,β-unsaturated/α-hetero) is 1. The molecule has 116 valence electrons. The fourth-order valence-corrected chi connectivity index (χ4v) is 2.34. The van der Waals surface area contributed by atoms with Crippen LogP contribution in [0.5, 0.6) is 0 Å². The Labute approximate surface area is 135 Å². The Balaban J connectivity index is 2.38. The topological polar surface area (TPSA) is 42.9 Å². The Morgan fingerprint density at radius 2 is 1.95 bits per heavy atom. The van der Waals surface area contributed by atoms with Crippen molar-refractivity contribution < 1.29 is 22.4 Å². The van der Waals surface area contributed by atoms with E-state index in [1.165, 1.54) is 12.3 Å². The van der Waals surface area contributed by atoms with Crippen LogP contribution in [0.2, 0.25) is 5.28 Å². The molecule has 0 spiro atoms. The molecule has 1 aromatic heterocycles. The van der Waals surface area contributed by atoms with Crippen LogP contribution >= 0.6 is 27.5 Å². The highest BCUT2D eigenvalue weighted by Crippen LogP contribution is 2.33. The van der Waals surface area contributed by atoms with Crippen molar-refractivity contribution in [1.82, 2.24) is 9.97 Å². The van der Waals surface area contributed by atoms with Crippen LogP contribution in [-0.2, 0) is 6.18 Å². The van der Waals surface area contributed by atoms with E-state index in [0.717, 1.165) is 6.07 Å². The zero-order chi connectivity index (χ0) is 16.5. The van der Waals surface area contributed by atoms with E-state index in [1.807, 2.05) is 0 Å². The smallest absolute Gasteiger partial charge is 0.292 e. The lowest BCUT2D eigenvalue weighted by Crippen LogP contribution is -2.13. The number of hydrogen-bond donors (Lipinski definition) is 0. The van der Waals surface area contributed by atoms with Gasteiger partial charge in [-0.25, -0.2) is 14.4 Å². The van der Waals surface area contributed by atoms with Crippen molar-refractivity contribution in [1.29, 1.82) is 0 Å². The standard InChI is InChI=1S/C13H6BrClF4N2O/c14-10(9-3-4-20-12(15)21-9)11(22)6-1-2-8(16)7(5-6)13(17,18)19/h1-5,10H. The summed E-state index contributed by atoms with van der Waals surface area (Å²) >= 11 is 8.64. The first-order valence-corrected chi connectivity index (χ1v) is 7.03. The van der Waals surface area contributed by atoms with Gasteiger partial charge in [0.25, 0.3) is 0 Å². The summed E-state index contributed by atoms with van der Waals surface area (Å²) in [5.41, 5.74) is -1.62. The summed E-state index contributed by atoms with van der Waals surface area (Å²) in [4.78, 5) is 18.6. The quantitative estimate of drug-likeness (QED) is 0.329. The van der Waals surface area contributed by atoms with Gasteiger partial charge in [-0.15, -0.1) is 0 Å². The third kappa shape index (κ3) is 3.61. The van der Waals surface area contributed by atoms with Gasteiger partial charge in [0.1, 0.15) is 10.6 Å². The monoisotopic (exact) mass is 396 g/mol. The number of aromatic nitrogens is 2. The first kappa shape index (κ1) is 16.8. The minimum atomic E-state index is -4.89. The van der Waals surface area contributed by atoms with Gasteiger partial charge in [-0.05, 0) is 35.9 Å². The summed E-state index contributed by atoms with van der Waals surface area (Å²) in [6.45, 7) is 0. The number of hydrogen-bond acceptors (Lipinski definition) is 3. The van der Waals surface area contributed by atoms with E-state index >= 15 is 0 Å². The summed E-state index contributed by atoms with van der Waals surface area (Å²) in [5.74, 6) is -2.15. The van der Waals surface area contributed by atoms with Gasteiger partial charge in [0.15, 0.2) is 5.78 Å². The molecule has 0 N–H and O–H groups in total. The molecule has 1 aromatic carbocycles. The Bertz CT molecular complexity index is 723. The van der Waals surface area contributed by atoms with Crippen LogP contribution in [0, 0.1) is 5.82 Å². The number of carbonyl (C=O) groups excluding carboxylic acids is 1. The number of carbonyl (C=O) groups is 1. The molecule has 0 aliphatic heterocycles. The highest BCUT2D eigenvalue weighted by molar-refractivity contribution is 9.09. The fourth-order valence-electron chi connectivity index (χ4n) is 1.67. The van der Waals surface area contributed by atoms with Crippen molar-refractivity contribution in [2.75, 3.05) is 0 Å². The van der Waals surface area contributed by atoms with E-state index in [0.29, 0.717) is 12.1 Å². The predicted octanol–water partition coefficient (Wildman–Crippen LogP) is 4.61. The minimum absolute atomic E-state index is 0.107. The van der Waals surface area contributed by atoms with Crippen molar-refractivity contribution in [3.8, 4) is 0 Å². The van der Waals surface area contributed by atoms with Gasteiger partial charge >= 0.3 is 6.18 Å². The van der Waals surface area contributed by atoms with E-state index in [2.05, 4.69) is 25.9 Å². The average Bonchev–Trinajstić information content (AvgIpc) is 2.45. The lowest BCUT2D eigenvalue weighted by atomic mass is 10.0. The largest absolute Gasteiger partial charge is 0.419 e. The molecule has 0 fully saturated rings. The molecule has 1 atom stereocenters. The van der Waals surface area contributed by atoms with E-state index in [9.17, 15) is 22.4 Å². The number of halogens is 6. The van der Waals surface area contributed by atoms with Crippen molar-refractivity contribution >= 4 is 33.3 Å². The van der Waals surface area contributed by atoms with Gasteiger partial charge in [-0.2, -0.15) is 13.2 Å². The molecule has 0 saturated carbocycles. The molecule has 1 unspecified atom stereocenters. The number of nitrogens with zero attached hydrogens (tertiary/aromatic N) is 2. The Morgan fingerprint density at radius 1 is 1.27 bits per heavy atom. The van der Waals surface area contributed by atoms with Crippen molar-refractivity contribution in [3.05, 3.63) is 58.4 Å². The molecular weight excluding hydrogens is 392 g/mol. The highest BCUT2D eigenvalue weighted by Gasteiger charge is 2.35. The Kier molecular flexibility index (Phi) is 4.81.